The zero-order valence-corrected chi connectivity index (χ0v) is 13.8. The van der Waals surface area contributed by atoms with Crippen LogP contribution in [-0.4, -0.2) is 35.0 Å². The molecular formula is C17H25NO4. The summed E-state index contributed by atoms with van der Waals surface area (Å²) in [5.41, 5.74) is -0.534. The molecule has 5 heteroatoms. The van der Waals surface area contributed by atoms with Crippen molar-refractivity contribution < 1.29 is 18.7 Å². The number of Topliss-reactive ketones (excluding diaryl/α,β-unsaturated/α-hetero) is 1. The number of carbonyl (C=O) groups excluding carboxylic acids is 2. The van der Waals surface area contributed by atoms with Crippen LogP contribution in [0.25, 0.3) is 0 Å². The van der Waals surface area contributed by atoms with Gasteiger partial charge in [-0.05, 0) is 52.2 Å². The number of ketones is 1. The molecule has 0 aromatic carbocycles. The molecule has 0 aliphatic carbocycles. The summed E-state index contributed by atoms with van der Waals surface area (Å²) in [6, 6.07) is 3.23. The number of hydrogen-bond acceptors (Lipinski definition) is 4. The first kappa shape index (κ1) is 16.6. The van der Waals surface area contributed by atoms with Gasteiger partial charge in [-0.25, -0.2) is 4.79 Å². The topological polar surface area (TPSA) is 59.8 Å². The fourth-order valence-corrected chi connectivity index (χ4v) is 2.84. The fourth-order valence-electron chi connectivity index (χ4n) is 2.84. The first-order valence-corrected chi connectivity index (χ1v) is 7.87. The second kappa shape index (κ2) is 6.55. The van der Waals surface area contributed by atoms with Gasteiger partial charge in [0, 0.05) is 18.5 Å². The molecule has 2 rings (SSSR count). The summed E-state index contributed by atoms with van der Waals surface area (Å²) >= 11 is 0. The molecule has 122 valence electrons. The second-order valence-corrected chi connectivity index (χ2v) is 6.87. The summed E-state index contributed by atoms with van der Waals surface area (Å²) in [4.78, 5) is 26.6. The van der Waals surface area contributed by atoms with E-state index in [4.69, 9.17) is 9.15 Å². The summed E-state index contributed by atoms with van der Waals surface area (Å²) in [5, 5.41) is 0. The number of hydrogen-bond donors (Lipinski definition) is 0. The van der Waals surface area contributed by atoms with Gasteiger partial charge >= 0.3 is 6.09 Å². The molecular weight excluding hydrogens is 282 g/mol. The maximum atomic E-state index is 12.5. The van der Waals surface area contributed by atoms with Gasteiger partial charge in [0.05, 0.1) is 6.26 Å². The number of amides is 1. The molecule has 0 N–H and O–H groups in total. The van der Waals surface area contributed by atoms with Gasteiger partial charge in [-0.15, -0.1) is 0 Å². The van der Waals surface area contributed by atoms with Crippen LogP contribution < -0.4 is 0 Å². The lowest BCUT2D eigenvalue weighted by molar-refractivity contribution is 0.00358. The van der Waals surface area contributed by atoms with Crippen molar-refractivity contribution in [1.82, 2.24) is 4.90 Å². The van der Waals surface area contributed by atoms with Gasteiger partial charge in [-0.1, -0.05) is 6.92 Å². The monoisotopic (exact) mass is 307 g/mol. The van der Waals surface area contributed by atoms with Crippen molar-refractivity contribution in [3.8, 4) is 0 Å². The van der Waals surface area contributed by atoms with Crippen molar-refractivity contribution in [2.24, 2.45) is 5.92 Å². The van der Waals surface area contributed by atoms with Crippen LogP contribution in [0.5, 0.6) is 0 Å². The number of ether oxygens (including phenoxy) is 1. The van der Waals surface area contributed by atoms with E-state index in [1.807, 2.05) is 27.7 Å². The summed E-state index contributed by atoms with van der Waals surface area (Å²) in [5.74, 6) is -0.0216. The molecule has 1 aromatic rings. The van der Waals surface area contributed by atoms with E-state index in [1.54, 1.807) is 17.0 Å². The Hall–Kier alpha value is -1.78. The minimum atomic E-state index is -0.534. The molecule has 1 fully saturated rings. The van der Waals surface area contributed by atoms with E-state index in [-0.39, 0.29) is 23.8 Å². The highest BCUT2D eigenvalue weighted by atomic mass is 16.6. The second-order valence-electron chi connectivity index (χ2n) is 6.87. The van der Waals surface area contributed by atoms with Crippen molar-refractivity contribution in [3.05, 3.63) is 24.2 Å². The van der Waals surface area contributed by atoms with Gasteiger partial charge in [0.1, 0.15) is 5.60 Å². The van der Waals surface area contributed by atoms with E-state index in [1.165, 1.54) is 6.26 Å². The van der Waals surface area contributed by atoms with Crippen LogP contribution in [-0.2, 0) is 4.74 Å². The summed E-state index contributed by atoms with van der Waals surface area (Å²) in [6.07, 6.45) is 3.92. The normalized spacial score (nSPS) is 20.5. The Kier molecular flexibility index (Phi) is 4.94. The average molecular weight is 307 g/mol. The molecule has 2 heterocycles. The minimum Gasteiger partial charge on any atom is -0.461 e. The Morgan fingerprint density at radius 3 is 2.68 bits per heavy atom. The van der Waals surface area contributed by atoms with Gasteiger partial charge in [0.2, 0.25) is 5.78 Å². The molecule has 0 bridgehead atoms. The highest BCUT2D eigenvalue weighted by Crippen LogP contribution is 2.27. The van der Waals surface area contributed by atoms with Crippen molar-refractivity contribution in [3.63, 3.8) is 0 Å². The summed E-state index contributed by atoms with van der Waals surface area (Å²) in [7, 11) is 0. The molecule has 22 heavy (non-hydrogen) atoms. The predicted octanol–water partition coefficient (Wildman–Crippen LogP) is 3.89. The lowest BCUT2D eigenvalue weighted by Crippen LogP contribution is -2.50. The van der Waals surface area contributed by atoms with E-state index in [0.717, 1.165) is 19.3 Å². The zero-order valence-electron chi connectivity index (χ0n) is 13.8. The molecule has 1 aromatic heterocycles. The van der Waals surface area contributed by atoms with Crippen LogP contribution in [0.15, 0.2) is 22.8 Å². The van der Waals surface area contributed by atoms with Crippen molar-refractivity contribution >= 4 is 11.9 Å². The molecule has 1 aliphatic heterocycles. The van der Waals surface area contributed by atoms with Crippen LogP contribution in [0.4, 0.5) is 4.79 Å². The number of nitrogens with zero attached hydrogens (tertiary/aromatic N) is 1. The van der Waals surface area contributed by atoms with Gasteiger partial charge in [0.15, 0.2) is 5.76 Å². The van der Waals surface area contributed by atoms with E-state index in [0.29, 0.717) is 12.3 Å². The Morgan fingerprint density at radius 2 is 2.09 bits per heavy atom. The Bertz CT molecular complexity index is 515. The van der Waals surface area contributed by atoms with Gasteiger partial charge in [0.25, 0.3) is 0 Å². The third kappa shape index (κ3) is 3.90. The summed E-state index contributed by atoms with van der Waals surface area (Å²) < 4.78 is 10.7. The highest BCUT2D eigenvalue weighted by molar-refractivity contribution is 5.95. The zero-order chi connectivity index (χ0) is 16.3. The molecule has 1 saturated heterocycles. The smallest absolute Gasteiger partial charge is 0.410 e. The highest BCUT2D eigenvalue weighted by Gasteiger charge is 2.37. The molecule has 0 radical (unpaired) electrons. The van der Waals surface area contributed by atoms with Crippen molar-refractivity contribution in [1.29, 1.82) is 0 Å². The standard InChI is InChI=1S/C17H25NO4/c1-12(15(19)14-9-7-11-21-14)13-8-5-6-10-18(13)16(20)22-17(2,3)4/h7,9,11-13H,5-6,8,10H2,1-4H3. The van der Waals surface area contributed by atoms with Crippen LogP contribution in [0.3, 0.4) is 0 Å². The van der Waals surface area contributed by atoms with Crippen molar-refractivity contribution in [2.75, 3.05) is 6.54 Å². The van der Waals surface area contributed by atoms with Crippen LogP contribution in [0.1, 0.15) is 57.5 Å². The quantitative estimate of drug-likeness (QED) is 0.795. The summed E-state index contributed by atoms with van der Waals surface area (Å²) in [6.45, 7) is 8.04. The van der Waals surface area contributed by atoms with Gasteiger partial charge in [-0.3, -0.25) is 4.79 Å². The van der Waals surface area contributed by atoms with Gasteiger partial charge in [-0.2, -0.15) is 0 Å². The number of likely N-dealkylation sites (tertiary alicyclic amines) is 1. The van der Waals surface area contributed by atoms with E-state index >= 15 is 0 Å². The first-order chi connectivity index (χ1) is 10.3. The third-order valence-electron chi connectivity index (χ3n) is 3.93. The van der Waals surface area contributed by atoms with Crippen LogP contribution in [0, 0.1) is 5.92 Å². The molecule has 0 saturated carbocycles. The maximum Gasteiger partial charge on any atom is 0.410 e. The van der Waals surface area contributed by atoms with Crippen LogP contribution in [0.2, 0.25) is 0 Å². The maximum absolute atomic E-state index is 12.5. The Balaban J connectivity index is 2.12. The predicted molar refractivity (Wildman–Crippen MR) is 82.8 cm³/mol. The fraction of sp³-hybridized carbons (Fsp3) is 0.647. The van der Waals surface area contributed by atoms with Crippen molar-refractivity contribution in [2.45, 2.75) is 58.6 Å². The molecule has 0 spiro atoms. The minimum absolute atomic E-state index is 0.0644. The van der Waals surface area contributed by atoms with E-state index in [9.17, 15) is 9.59 Å². The van der Waals surface area contributed by atoms with E-state index in [2.05, 4.69) is 0 Å². The molecule has 1 amide bonds. The van der Waals surface area contributed by atoms with Gasteiger partial charge < -0.3 is 14.1 Å². The number of piperidine rings is 1. The van der Waals surface area contributed by atoms with Crippen LogP contribution >= 0.6 is 0 Å². The Morgan fingerprint density at radius 1 is 1.36 bits per heavy atom. The first-order valence-electron chi connectivity index (χ1n) is 7.87. The molecule has 5 nitrogen and oxygen atoms in total. The number of carbonyl (C=O) groups is 2. The third-order valence-corrected chi connectivity index (χ3v) is 3.93. The molecule has 2 unspecified atom stereocenters. The average Bonchev–Trinajstić information content (AvgIpc) is 2.98. The lowest BCUT2D eigenvalue weighted by Gasteiger charge is -2.39. The number of rotatable bonds is 3. The Labute approximate surface area is 131 Å². The largest absolute Gasteiger partial charge is 0.461 e. The SMILES string of the molecule is CC(C(=O)c1ccco1)C1CCCCN1C(=O)OC(C)(C)C. The van der Waals surface area contributed by atoms with E-state index < -0.39 is 5.60 Å². The number of furan rings is 1. The molecule has 2 atom stereocenters. The molecule has 1 aliphatic rings. The lowest BCUT2D eigenvalue weighted by atomic mass is 9.88.